The van der Waals surface area contributed by atoms with E-state index < -0.39 is 15.9 Å². The fourth-order valence-electron chi connectivity index (χ4n) is 3.41. The molecule has 0 radical (unpaired) electrons. The Morgan fingerprint density at radius 1 is 1.21 bits per heavy atom. The van der Waals surface area contributed by atoms with Crippen molar-refractivity contribution in [2.75, 3.05) is 25.5 Å². The fourth-order valence-corrected chi connectivity index (χ4v) is 5.36. The summed E-state index contributed by atoms with van der Waals surface area (Å²) >= 11 is 6.12. The molecule has 0 aromatic heterocycles. The number of amides is 1. The summed E-state index contributed by atoms with van der Waals surface area (Å²) in [5.74, 6) is -0.341. The molecular weight excluding hydrogens is 412 g/mol. The summed E-state index contributed by atoms with van der Waals surface area (Å²) < 4.78 is 33.1. The van der Waals surface area contributed by atoms with Gasteiger partial charge >= 0.3 is 0 Å². The Balaban J connectivity index is 1.78. The van der Waals surface area contributed by atoms with Gasteiger partial charge in [0.05, 0.1) is 13.0 Å². The predicted octanol–water partition coefficient (Wildman–Crippen LogP) is 4.00. The van der Waals surface area contributed by atoms with Gasteiger partial charge in [0.1, 0.15) is 10.6 Å². The van der Waals surface area contributed by atoms with E-state index in [1.54, 1.807) is 30.3 Å². The molecule has 6 nitrogen and oxygen atoms in total. The van der Waals surface area contributed by atoms with Gasteiger partial charge in [0.2, 0.25) is 15.9 Å². The van der Waals surface area contributed by atoms with Crippen molar-refractivity contribution in [2.45, 2.75) is 31.6 Å². The van der Waals surface area contributed by atoms with E-state index in [1.165, 1.54) is 11.4 Å². The van der Waals surface area contributed by atoms with Crippen molar-refractivity contribution in [1.29, 1.82) is 0 Å². The number of benzene rings is 2. The number of hydrogen-bond donors (Lipinski definition) is 1. The van der Waals surface area contributed by atoms with Crippen LogP contribution in [-0.4, -0.2) is 38.8 Å². The number of carbonyl (C=O) groups is 1. The van der Waals surface area contributed by atoms with Gasteiger partial charge in [-0.2, -0.15) is 4.31 Å². The topological polar surface area (TPSA) is 75.7 Å². The van der Waals surface area contributed by atoms with E-state index in [0.29, 0.717) is 35.8 Å². The number of piperidine rings is 1. The van der Waals surface area contributed by atoms with Crippen molar-refractivity contribution in [3.05, 3.63) is 52.5 Å². The van der Waals surface area contributed by atoms with Crippen LogP contribution in [0.5, 0.6) is 5.75 Å². The highest BCUT2D eigenvalue weighted by Crippen LogP contribution is 2.31. The minimum Gasteiger partial charge on any atom is -0.495 e. The summed E-state index contributed by atoms with van der Waals surface area (Å²) in [4.78, 5) is 12.9. The number of aryl methyl sites for hydroxylation is 2. The van der Waals surface area contributed by atoms with Crippen LogP contribution in [0.3, 0.4) is 0 Å². The van der Waals surface area contributed by atoms with Gasteiger partial charge in [0, 0.05) is 23.8 Å². The van der Waals surface area contributed by atoms with Gasteiger partial charge in [-0.15, -0.1) is 0 Å². The Morgan fingerprint density at radius 2 is 1.97 bits per heavy atom. The molecule has 1 fully saturated rings. The van der Waals surface area contributed by atoms with Crippen LogP contribution < -0.4 is 10.1 Å². The molecule has 0 saturated carbocycles. The molecular formula is C21H25ClN2O4S. The first kappa shape index (κ1) is 21.6. The molecule has 1 heterocycles. The third-order valence-electron chi connectivity index (χ3n) is 5.13. The molecule has 1 aliphatic heterocycles. The first-order valence-electron chi connectivity index (χ1n) is 9.44. The van der Waals surface area contributed by atoms with Crippen molar-refractivity contribution in [2.24, 2.45) is 5.92 Å². The molecule has 29 heavy (non-hydrogen) atoms. The van der Waals surface area contributed by atoms with Crippen LogP contribution in [0.1, 0.15) is 24.0 Å². The highest BCUT2D eigenvalue weighted by Gasteiger charge is 2.35. The van der Waals surface area contributed by atoms with Gasteiger partial charge in [0.25, 0.3) is 0 Å². The standard InChI is InChI=1S/C21H25ClN2O4S/c1-14-6-9-19(28-3)20(11-14)29(26,27)24-10-4-5-16(13-24)21(25)23-17-8-7-15(2)18(22)12-17/h6-9,11-12,16H,4-5,10,13H2,1-3H3,(H,23,25)/t16-/m1/s1. The Labute approximate surface area is 176 Å². The predicted molar refractivity (Wildman–Crippen MR) is 114 cm³/mol. The average Bonchev–Trinajstić information content (AvgIpc) is 2.70. The number of nitrogens with one attached hydrogen (secondary N) is 1. The van der Waals surface area contributed by atoms with E-state index in [-0.39, 0.29) is 17.3 Å². The minimum atomic E-state index is -3.77. The van der Waals surface area contributed by atoms with E-state index in [9.17, 15) is 13.2 Å². The molecule has 2 aromatic carbocycles. The Bertz CT molecular complexity index is 1020. The molecule has 1 saturated heterocycles. The lowest BCUT2D eigenvalue weighted by molar-refractivity contribution is -0.120. The number of ether oxygens (including phenoxy) is 1. The maximum Gasteiger partial charge on any atom is 0.246 e. The normalized spacial score (nSPS) is 17.7. The average molecular weight is 437 g/mol. The van der Waals surface area contributed by atoms with Crippen LogP contribution >= 0.6 is 11.6 Å². The summed E-state index contributed by atoms with van der Waals surface area (Å²) in [6.07, 6.45) is 1.24. The molecule has 1 N–H and O–H groups in total. The molecule has 0 aliphatic carbocycles. The minimum absolute atomic E-state index is 0.130. The van der Waals surface area contributed by atoms with Crippen LogP contribution in [-0.2, 0) is 14.8 Å². The van der Waals surface area contributed by atoms with Crippen molar-refractivity contribution in [1.82, 2.24) is 4.31 Å². The lowest BCUT2D eigenvalue weighted by Gasteiger charge is -2.31. The summed E-state index contributed by atoms with van der Waals surface area (Å²) in [6, 6.07) is 10.4. The SMILES string of the molecule is COc1ccc(C)cc1S(=O)(=O)N1CCC[C@@H](C(=O)Nc2ccc(C)c(Cl)c2)C1. The molecule has 0 unspecified atom stereocenters. The maximum absolute atomic E-state index is 13.2. The molecule has 1 atom stereocenters. The number of carbonyl (C=O) groups excluding carboxylic acids is 1. The van der Waals surface area contributed by atoms with Crippen LogP contribution in [0.4, 0.5) is 5.69 Å². The maximum atomic E-state index is 13.2. The molecule has 156 valence electrons. The first-order valence-corrected chi connectivity index (χ1v) is 11.3. The molecule has 0 spiro atoms. The number of sulfonamides is 1. The smallest absolute Gasteiger partial charge is 0.246 e. The van der Waals surface area contributed by atoms with Crippen molar-refractivity contribution < 1.29 is 17.9 Å². The zero-order chi connectivity index (χ0) is 21.2. The fraction of sp³-hybridized carbons (Fsp3) is 0.381. The summed E-state index contributed by atoms with van der Waals surface area (Å²) in [5, 5.41) is 3.43. The number of anilines is 1. The number of nitrogens with zero attached hydrogens (tertiary/aromatic N) is 1. The number of hydrogen-bond acceptors (Lipinski definition) is 4. The summed E-state index contributed by atoms with van der Waals surface area (Å²) in [7, 11) is -2.32. The second-order valence-electron chi connectivity index (χ2n) is 7.31. The lowest BCUT2D eigenvalue weighted by atomic mass is 9.98. The second kappa shape index (κ2) is 8.73. The van der Waals surface area contributed by atoms with E-state index in [0.717, 1.165) is 11.1 Å². The van der Waals surface area contributed by atoms with Crippen LogP contribution in [0, 0.1) is 19.8 Å². The second-order valence-corrected chi connectivity index (χ2v) is 9.62. The monoisotopic (exact) mass is 436 g/mol. The van der Waals surface area contributed by atoms with Crippen LogP contribution in [0.15, 0.2) is 41.3 Å². The molecule has 1 aliphatic rings. The first-order chi connectivity index (χ1) is 13.7. The molecule has 8 heteroatoms. The quantitative estimate of drug-likeness (QED) is 0.768. The zero-order valence-corrected chi connectivity index (χ0v) is 18.3. The largest absolute Gasteiger partial charge is 0.495 e. The van der Waals surface area contributed by atoms with Gasteiger partial charge in [-0.25, -0.2) is 8.42 Å². The number of methoxy groups -OCH3 is 1. The van der Waals surface area contributed by atoms with Gasteiger partial charge in [0.15, 0.2) is 0 Å². The molecule has 2 aromatic rings. The van der Waals surface area contributed by atoms with Crippen molar-refractivity contribution in [3.63, 3.8) is 0 Å². The highest BCUT2D eigenvalue weighted by molar-refractivity contribution is 7.89. The Hall–Kier alpha value is -2.09. The van der Waals surface area contributed by atoms with Crippen LogP contribution in [0.25, 0.3) is 0 Å². The van der Waals surface area contributed by atoms with E-state index in [4.69, 9.17) is 16.3 Å². The molecule has 3 rings (SSSR count). The van der Waals surface area contributed by atoms with Gasteiger partial charge in [-0.3, -0.25) is 4.79 Å². The van der Waals surface area contributed by atoms with E-state index in [1.807, 2.05) is 19.9 Å². The Kier molecular flexibility index (Phi) is 6.51. The van der Waals surface area contributed by atoms with Gasteiger partial charge < -0.3 is 10.1 Å². The van der Waals surface area contributed by atoms with Gasteiger partial charge in [-0.1, -0.05) is 23.7 Å². The third kappa shape index (κ3) is 4.74. The van der Waals surface area contributed by atoms with Crippen molar-refractivity contribution >= 4 is 33.2 Å². The summed E-state index contributed by atoms with van der Waals surface area (Å²) in [6.45, 7) is 4.22. The number of halogens is 1. The zero-order valence-electron chi connectivity index (χ0n) is 16.7. The van der Waals surface area contributed by atoms with Crippen molar-refractivity contribution in [3.8, 4) is 5.75 Å². The highest BCUT2D eigenvalue weighted by atomic mass is 35.5. The molecule has 0 bridgehead atoms. The van der Waals surface area contributed by atoms with E-state index >= 15 is 0 Å². The lowest BCUT2D eigenvalue weighted by Crippen LogP contribution is -2.43. The number of rotatable bonds is 5. The summed E-state index contributed by atoms with van der Waals surface area (Å²) in [5.41, 5.74) is 2.35. The van der Waals surface area contributed by atoms with Gasteiger partial charge in [-0.05, 0) is 62.1 Å². The van der Waals surface area contributed by atoms with Crippen LogP contribution in [0.2, 0.25) is 5.02 Å². The third-order valence-corrected chi connectivity index (χ3v) is 7.42. The molecule has 1 amide bonds. The Morgan fingerprint density at radius 3 is 2.66 bits per heavy atom. The van der Waals surface area contributed by atoms with E-state index in [2.05, 4.69) is 5.32 Å².